The summed E-state index contributed by atoms with van der Waals surface area (Å²) in [6.45, 7) is 1.79. The second-order valence-electron chi connectivity index (χ2n) is 4.40. The van der Waals surface area contributed by atoms with Crippen LogP contribution < -0.4 is 10.5 Å². The van der Waals surface area contributed by atoms with Crippen molar-refractivity contribution in [1.29, 1.82) is 5.26 Å². The number of furan rings is 1. The highest BCUT2D eigenvalue weighted by molar-refractivity contribution is 5.87. The van der Waals surface area contributed by atoms with Crippen LogP contribution in [-0.4, -0.2) is 9.78 Å². The van der Waals surface area contributed by atoms with E-state index >= 15 is 0 Å². The summed E-state index contributed by atoms with van der Waals surface area (Å²) in [6.07, 6.45) is 0. The molecule has 0 fully saturated rings. The van der Waals surface area contributed by atoms with Crippen molar-refractivity contribution < 1.29 is 9.15 Å². The molecule has 100 valence electrons. The molecule has 20 heavy (non-hydrogen) atoms. The first-order valence-corrected chi connectivity index (χ1v) is 6.00. The molecular formula is C14H12N4O2. The fourth-order valence-electron chi connectivity index (χ4n) is 2.07. The Bertz CT molecular complexity index is 839. The zero-order chi connectivity index (χ0) is 14.3. The van der Waals surface area contributed by atoms with Crippen molar-refractivity contribution in [2.45, 2.75) is 6.92 Å². The summed E-state index contributed by atoms with van der Waals surface area (Å²) < 4.78 is 12.8. The van der Waals surface area contributed by atoms with Crippen molar-refractivity contribution in [3.63, 3.8) is 0 Å². The van der Waals surface area contributed by atoms with Gasteiger partial charge in [0.05, 0.1) is 11.1 Å². The van der Waals surface area contributed by atoms with E-state index in [-0.39, 0.29) is 5.76 Å². The quantitative estimate of drug-likeness (QED) is 0.771. The van der Waals surface area contributed by atoms with Crippen molar-refractivity contribution in [2.75, 3.05) is 5.73 Å². The number of para-hydroxylation sites is 1. The molecule has 0 unspecified atom stereocenters. The van der Waals surface area contributed by atoms with Gasteiger partial charge in [-0.05, 0) is 19.1 Å². The van der Waals surface area contributed by atoms with Crippen LogP contribution in [0.2, 0.25) is 0 Å². The van der Waals surface area contributed by atoms with E-state index in [4.69, 9.17) is 20.1 Å². The molecule has 0 radical (unpaired) electrons. The van der Waals surface area contributed by atoms with Crippen LogP contribution in [0.4, 0.5) is 5.69 Å². The van der Waals surface area contributed by atoms with E-state index in [1.54, 1.807) is 20.0 Å². The van der Waals surface area contributed by atoms with Crippen molar-refractivity contribution in [2.24, 2.45) is 7.05 Å². The fraction of sp³-hybridized carbons (Fsp3) is 0.143. The Hall–Kier alpha value is -2.94. The summed E-state index contributed by atoms with van der Waals surface area (Å²) in [5, 5.41) is 14.1. The minimum Gasteiger partial charge on any atom is -0.442 e. The maximum atomic E-state index is 9.16. The molecule has 0 atom stereocenters. The largest absolute Gasteiger partial charge is 0.442 e. The zero-order valence-corrected chi connectivity index (χ0v) is 11.0. The second kappa shape index (κ2) is 4.31. The molecule has 1 aromatic carbocycles. The Balaban J connectivity index is 2.17. The molecule has 0 aliphatic carbocycles. The van der Waals surface area contributed by atoms with E-state index in [0.29, 0.717) is 28.6 Å². The highest BCUT2D eigenvalue weighted by atomic mass is 16.5. The fourth-order valence-corrected chi connectivity index (χ4v) is 2.07. The molecule has 2 N–H and O–H groups in total. The van der Waals surface area contributed by atoms with Gasteiger partial charge in [0, 0.05) is 7.05 Å². The summed E-state index contributed by atoms with van der Waals surface area (Å²) in [7, 11) is 1.73. The second-order valence-corrected chi connectivity index (χ2v) is 4.40. The molecule has 0 saturated carbocycles. The highest BCUT2D eigenvalue weighted by Crippen LogP contribution is 2.38. The lowest BCUT2D eigenvalue weighted by Crippen LogP contribution is -1.97. The molecule has 6 nitrogen and oxygen atoms in total. The molecule has 3 aromatic rings. The summed E-state index contributed by atoms with van der Waals surface area (Å²) >= 11 is 0. The molecule has 0 amide bonds. The number of rotatable bonds is 2. The number of ether oxygens (including phenoxy) is 1. The van der Waals surface area contributed by atoms with Crippen LogP contribution >= 0.6 is 0 Å². The number of anilines is 1. The van der Waals surface area contributed by atoms with Gasteiger partial charge in [-0.15, -0.1) is 0 Å². The summed E-state index contributed by atoms with van der Waals surface area (Å²) in [4.78, 5) is 0. The minimum absolute atomic E-state index is 0.115. The predicted octanol–water partition coefficient (Wildman–Crippen LogP) is 2.72. The molecule has 3 rings (SSSR count). The molecule has 0 aliphatic rings. The number of nitrogens with zero attached hydrogens (tertiary/aromatic N) is 3. The number of hydrogen-bond acceptors (Lipinski definition) is 5. The van der Waals surface area contributed by atoms with Crippen molar-refractivity contribution in [3.05, 3.63) is 35.7 Å². The van der Waals surface area contributed by atoms with Crippen LogP contribution in [0.3, 0.4) is 0 Å². The number of aromatic nitrogens is 2. The normalized spacial score (nSPS) is 10.7. The number of nitrogens with two attached hydrogens (primary N) is 1. The molecule has 2 heterocycles. The maximum Gasteiger partial charge on any atom is 0.247 e. The third kappa shape index (κ3) is 1.68. The van der Waals surface area contributed by atoms with Crippen LogP contribution in [0.15, 0.2) is 28.7 Å². The lowest BCUT2D eigenvalue weighted by atomic mass is 10.2. The Kier molecular flexibility index (Phi) is 2.61. The number of aryl methyl sites for hydroxylation is 2. The third-order valence-corrected chi connectivity index (χ3v) is 3.06. The molecule has 0 saturated heterocycles. The van der Waals surface area contributed by atoms with Gasteiger partial charge in [-0.2, -0.15) is 10.4 Å². The number of benzene rings is 1. The topological polar surface area (TPSA) is 90.0 Å². The Morgan fingerprint density at radius 1 is 1.40 bits per heavy atom. The lowest BCUT2D eigenvalue weighted by Gasteiger charge is -2.05. The van der Waals surface area contributed by atoms with Gasteiger partial charge < -0.3 is 14.9 Å². The van der Waals surface area contributed by atoms with Crippen molar-refractivity contribution in [3.8, 4) is 17.7 Å². The minimum atomic E-state index is 0.115. The van der Waals surface area contributed by atoms with Gasteiger partial charge in [0.2, 0.25) is 11.6 Å². The highest BCUT2D eigenvalue weighted by Gasteiger charge is 2.20. The number of nitriles is 1. The zero-order valence-electron chi connectivity index (χ0n) is 11.0. The monoisotopic (exact) mass is 268 g/mol. The Morgan fingerprint density at radius 3 is 2.80 bits per heavy atom. The SMILES string of the molecule is Cc1nn(C)c(Oc2c(C#N)oc3ccccc23)c1N. The molecule has 2 aromatic heterocycles. The Labute approximate surface area is 115 Å². The molecule has 0 aliphatic heterocycles. The Morgan fingerprint density at radius 2 is 2.15 bits per heavy atom. The van der Waals surface area contributed by atoms with E-state index < -0.39 is 0 Å². The van der Waals surface area contributed by atoms with E-state index in [9.17, 15) is 0 Å². The van der Waals surface area contributed by atoms with Crippen LogP contribution in [0.1, 0.15) is 11.5 Å². The standard InChI is InChI=1S/C14H12N4O2/c1-8-12(16)14(18(2)17-8)20-13-9-5-3-4-6-10(9)19-11(13)7-15/h3-6H,16H2,1-2H3. The van der Waals surface area contributed by atoms with Gasteiger partial charge in [-0.1, -0.05) is 12.1 Å². The maximum absolute atomic E-state index is 9.16. The first kappa shape index (κ1) is 12.1. The van der Waals surface area contributed by atoms with Crippen LogP contribution in [0.25, 0.3) is 11.0 Å². The molecular weight excluding hydrogens is 256 g/mol. The molecule has 6 heteroatoms. The van der Waals surface area contributed by atoms with Crippen LogP contribution in [-0.2, 0) is 7.05 Å². The predicted molar refractivity (Wildman–Crippen MR) is 73.4 cm³/mol. The van der Waals surface area contributed by atoms with Crippen molar-refractivity contribution in [1.82, 2.24) is 9.78 Å². The first-order valence-electron chi connectivity index (χ1n) is 6.00. The lowest BCUT2D eigenvalue weighted by molar-refractivity contribution is 0.424. The van der Waals surface area contributed by atoms with Gasteiger partial charge in [-0.3, -0.25) is 0 Å². The molecule has 0 spiro atoms. The van der Waals surface area contributed by atoms with Gasteiger partial charge in [-0.25, -0.2) is 4.68 Å². The van der Waals surface area contributed by atoms with E-state index in [1.165, 1.54) is 4.68 Å². The van der Waals surface area contributed by atoms with E-state index in [1.807, 2.05) is 24.3 Å². The number of nitrogen functional groups attached to an aromatic ring is 1. The van der Waals surface area contributed by atoms with E-state index in [0.717, 1.165) is 5.39 Å². The van der Waals surface area contributed by atoms with Gasteiger partial charge in [0.15, 0.2) is 5.75 Å². The van der Waals surface area contributed by atoms with Crippen molar-refractivity contribution >= 4 is 16.7 Å². The van der Waals surface area contributed by atoms with Crippen LogP contribution in [0.5, 0.6) is 11.6 Å². The first-order chi connectivity index (χ1) is 9.61. The summed E-state index contributed by atoms with van der Waals surface area (Å²) in [5.41, 5.74) is 7.65. The van der Waals surface area contributed by atoms with E-state index in [2.05, 4.69) is 5.10 Å². The third-order valence-electron chi connectivity index (χ3n) is 3.06. The van der Waals surface area contributed by atoms with Gasteiger partial charge >= 0.3 is 0 Å². The number of hydrogen-bond donors (Lipinski definition) is 1. The molecule has 0 bridgehead atoms. The smallest absolute Gasteiger partial charge is 0.247 e. The van der Waals surface area contributed by atoms with Crippen LogP contribution in [0, 0.1) is 18.3 Å². The van der Waals surface area contributed by atoms with Gasteiger partial charge in [0.25, 0.3) is 0 Å². The summed E-state index contributed by atoms with van der Waals surface area (Å²) in [6, 6.07) is 9.28. The number of fused-ring (bicyclic) bond motifs is 1. The average Bonchev–Trinajstić information content (AvgIpc) is 2.92. The van der Waals surface area contributed by atoms with Gasteiger partial charge in [0.1, 0.15) is 17.3 Å². The average molecular weight is 268 g/mol. The summed E-state index contributed by atoms with van der Waals surface area (Å²) in [5.74, 6) is 0.868.